The number of nitrogens with zero attached hydrogens (tertiary/aromatic N) is 7. The summed E-state index contributed by atoms with van der Waals surface area (Å²) < 4.78 is 4.34. The minimum absolute atomic E-state index is 0.214. The average Bonchev–Trinajstić information content (AvgIpc) is 3.61. The van der Waals surface area contributed by atoms with E-state index >= 15 is 0 Å². The minimum Gasteiger partial charge on any atom is -0.354 e. The molecule has 5 rings (SSSR count). The topological polar surface area (TPSA) is 119 Å². The highest BCUT2D eigenvalue weighted by Gasteiger charge is 2.18. The Kier molecular flexibility index (Phi) is 5.86. The van der Waals surface area contributed by atoms with Crippen LogP contribution in [0.15, 0.2) is 42.5 Å². The Balaban J connectivity index is 1.52. The number of tetrazole rings is 1. The van der Waals surface area contributed by atoms with Crippen molar-refractivity contribution in [1.29, 1.82) is 0 Å². The lowest BCUT2D eigenvalue weighted by molar-refractivity contribution is 0.0958. The monoisotopic (exact) mass is 469 g/mol. The molecule has 178 valence electrons. The number of hydrogen-bond donors (Lipinski definition) is 2. The van der Waals surface area contributed by atoms with E-state index in [2.05, 4.69) is 91.2 Å². The molecule has 0 unspecified atom stereocenters. The fourth-order valence-corrected chi connectivity index (χ4v) is 4.54. The van der Waals surface area contributed by atoms with E-state index in [4.69, 9.17) is 4.98 Å². The minimum atomic E-state index is -0.214. The van der Waals surface area contributed by atoms with E-state index in [-0.39, 0.29) is 5.91 Å². The van der Waals surface area contributed by atoms with E-state index in [1.165, 1.54) is 0 Å². The average molecular weight is 470 g/mol. The van der Waals surface area contributed by atoms with Crippen molar-refractivity contribution in [3.05, 3.63) is 65.2 Å². The van der Waals surface area contributed by atoms with Gasteiger partial charge in [0, 0.05) is 31.3 Å². The predicted molar refractivity (Wildman–Crippen MR) is 133 cm³/mol. The van der Waals surface area contributed by atoms with E-state index in [1.807, 2.05) is 6.07 Å². The van der Waals surface area contributed by atoms with Crippen molar-refractivity contribution < 1.29 is 4.79 Å². The number of carbonyl (C=O) groups excluding carboxylic acids is 1. The van der Waals surface area contributed by atoms with Gasteiger partial charge in [0.05, 0.1) is 12.2 Å². The highest BCUT2D eigenvalue weighted by molar-refractivity contribution is 5.93. The first-order valence-electron chi connectivity index (χ1n) is 11.7. The van der Waals surface area contributed by atoms with Gasteiger partial charge in [-0.2, -0.15) is 0 Å². The fourth-order valence-electron chi connectivity index (χ4n) is 4.54. The highest BCUT2D eigenvalue weighted by atomic mass is 16.1. The summed E-state index contributed by atoms with van der Waals surface area (Å²) in [6.07, 6.45) is 0.765. The van der Waals surface area contributed by atoms with Crippen LogP contribution >= 0.6 is 0 Å². The maximum atomic E-state index is 12.1. The molecule has 0 aliphatic carbocycles. The van der Waals surface area contributed by atoms with Gasteiger partial charge in [-0.3, -0.25) is 4.79 Å². The third-order valence-corrected chi connectivity index (χ3v) is 6.24. The molecule has 0 saturated carbocycles. The SMILES string of the molecule is CCc1nc2ccc(C(=O)NC)nc2n1Cc1ccc(-c2c(-c3nnn[nH]3)cc(C)n2CC)cc1. The quantitative estimate of drug-likeness (QED) is 0.377. The Morgan fingerprint density at radius 1 is 1.06 bits per heavy atom. The van der Waals surface area contributed by atoms with Crippen LogP contribution in [-0.4, -0.2) is 52.7 Å². The van der Waals surface area contributed by atoms with Crippen LogP contribution in [0.2, 0.25) is 0 Å². The Morgan fingerprint density at radius 3 is 2.51 bits per heavy atom. The maximum Gasteiger partial charge on any atom is 0.269 e. The lowest BCUT2D eigenvalue weighted by atomic mass is 10.0. The van der Waals surface area contributed by atoms with Gasteiger partial charge in [-0.15, -0.1) is 5.10 Å². The molecule has 5 aromatic rings. The number of aryl methyl sites for hydroxylation is 2. The molecule has 35 heavy (non-hydrogen) atoms. The van der Waals surface area contributed by atoms with Crippen molar-refractivity contribution in [2.75, 3.05) is 7.05 Å². The molecule has 0 aliphatic rings. The zero-order chi connectivity index (χ0) is 24.5. The van der Waals surface area contributed by atoms with Gasteiger partial charge in [-0.05, 0) is 53.6 Å². The van der Waals surface area contributed by atoms with Gasteiger partial charge in [0.2, 0.25) is 0 Å². The number of rotatable bonds is 7. The molecule has 10 nitrogen and oxygen atoms in total. The van der Waals surface area contributed by atoms with E-state index in [0.717, 1.165) is 52.4 Å². The third kappa shape index (κ3) is 3.96. The number of aromatic nitrogens is 8. The lowest BCUT2D eigenvalue weighted by Gasteiger charge is -2.12. The largest absolute Gasteiger partial charge is 0.354 e. The number of aromatic amines is 1. The number of fused-ring (bicyclic) bond motifs is 1. The second kappa shape index (κ2) is 9.13. The van der Waals surface area contributed by atoms with Crippen LogP contribution in [-0.2, 0) is 19.5 Å². The zero-order valence-electron chi connectivity index (χ0n) is 20.2. The van der Waals surface area contributed by atoms with Crippen LogP contribution in [0.5, 0.6) is 0 Å². The number of benzene rings is 1. The molecule has 4 heterocycles. The second-order valence-electron chi connectivity index (χ2n) is 8.33. The van der Waals surface area contributed by atoms with Crippen molar-refractivity contribution >= 4 is 17.1 Å². The standard InChI is InChI=1S/C25H27N9O/c1-5-21-27-19-11-12-20(25(35)26-4)28-24(19)34(21)14-16-7-9-17(10-8-16)22-18(23-29-31-32-30-23)13-15(3)33(22)6-2/h7-13H,5-6,14H2,1-4H3,(H,26,35)(H,29,30,31,32). The van der Waals surface area contributed by atoms with Crippen molar-refractivity contribution in [2.45, 2.75) is 40.3 Å². The Hall–Kier alpha value is -4.34. The number of imidazole rings is 1. The molecule has 0 aliphatic heterocycles. The van der Waals surface area contributed by atoms with Crippen molar-refractivity contribution in [3.63, 3.8) is 0 Å². The summed E-state index contributed by atoms with van der Waals surface area (Å²) >= 11 is 0. The van der Waals surface area contributed by atoms with Gasteiger partial charge in [-0.1, -0.05) is 31.2 Å². The van der Waals surface area contributed by atoms with Crippen molar-refractivity contribution in [3.8, 4) is 22.6 Å². The van der Waals surface area contributed by atoms with Crippen LogP contribution in [0.1, 0.15) is 41.4 Å². The normalized spacial score (nSPS) is 11.3. The first kappa shape index (κ1) is 22.5. The molecule has 2 N–H and O–H groups in total. The molecule has 0 radical (unpaired) electrons. The molecule has 1 amide bonds. The first-order valence-corrected chi connectivity index (χ1v) is 11.7. The van der Waals surface area contributed by atoms with Crippen LogP contribution in [0.4, 0.5) is 0 Å². The van der Waals surface area contributed by atoms with E-state index in [9.17, 15) is 4.79 Å². The van der Waals surface area contributed by atoms with Crippen LogP contribution in [0.3, 0.4) is 0 Å². The number of hydrogen-bond acceptors (Lipinski definition) is 6. The highest BCUT2D eigenvalue weighted by Crippen LogP contribution is 2.33. The van der Waals surface area contributed by atoms with Crippen LogP contribution < -0.4 is 5.32 Å². The Bertz CT molecular complexity index is 1490. The number of pyridine rings is 1. The maximum absolute atomic E-state index is 12.1. The molecule has 1 aromatic carbocycles. The zero-order valence-corrected chi connectivity index (χ0v) is 20.2. The summed E-state index contributed by atoms with van der Waals surface area (Å²) in [5.41, 5.74) is 7.27. The van der Waals surface area contributed by atoms with Crippen molar-refractivity contribution in [1.82, 2.24) is 45.0 Å². The van der Waals surface area contributed by atoms with Gasteiger partial charge in [0.25, 0.3) is 5.91 Å². The number of H-pyrrole nitrogens is 1. The van der Waals surface area contributed by atoms with Gasteiger partial charge < -0.3 is 14.5 Å². The molecular weight excluding hydrogens is 442 g/mol. The summed E-state index contributed by atoms with van der Waals surface area (Å²) in [6.45, 7) is 7.73. The van der Waals surface area contributed by atoms with E-state index in [0.29, 0.717) is 23.7 Å². The van der Waals surface area contributed by atoms with Gasteiger partial charge >= 0.3 is 0 Å². The summed E-state index contributed by atoms with van der Waals surface area (Å²) in [4.78, 5) is 21.5. The van der Waals surface area contributed by atoms with Gasteiger partial charge in [0.1, 0.15) is 17.0 Å². The summed E-state index contributed by atoms with van der Waals surface area (Å²) in [5.74, 6) is 1.37. The Morgan fingerprint density at radius 2 is 1.86 bits per heavy atom. The number of amides is 1. The third-order valence-electron chi connectivity index (χ3n) is 6.24. The molecule has 4 aromatic heterocycles. The summed E-state index contributed by atoms with van der Waals surface area (Å²) in [6, 6.07) is 14.2. The van der Waals surface area contributed by atoms with Crippen molar-refractivity contribution in [2.24, 2.45) is 0 Å². The van der Waals surface area contributed by atoms with Crippen LogP contribution in [0.25, 0.3) is 33.8 Å². The first-order chi connectivity index (χ1) is 17.0. The molecule has 0 saturated heterocycles. The lowest BCUT2D eigenvalue weighted by Crippen LogP contribution is -2.19. The number of carbonyl (C=O) groups is 1. The predicted octanol–water partition coefficient (Wildman–Crippen LogP) is 3.38. The molecule has 0 bridgehead atoms. The molecule has 0 atom stereocenters. The van der Waals surface area contributed by atoms with E-state index < -0.39 is 0 Å². The summed E-state index contributed by atoms with van der Waals surface area (Å²) in [7, 11) is 1.60. The molecule has 10 heteroatoms. The van der Waals surface area contributed by atoms with Crippen LogP contribution in [0, 0.1) is 6.92 Å². The smallest absolute Gasteiger partial charge is 0.269 e. The molecule has 0 fully saturated rings. The molecular formula is C25H27N9O. The Labute approximate surface area is 202 Å². The van der Waals surface area contributed by atoms with E-state index in [1.54, 1.807) is 13.1 Å². The molecule has 0 spiro atoms. The number of nitrogens with one attached hydrogen (secondary N) is 2. The second-order valence-corrected chi connectivity index (χ2v) is 8.33. The van der Waals surface area contributed by atoms with Gasteiger partial charge in [-0.25, -0.2) is 15.1 Å². The fraction of sp³-hybridized carbons (Fsp3) is 0.280. The summed E-state index contributed by atoms with van der Waals surface area (Å²) in [5, 5.41) is 17.1. The van der Waals surface area contributed by atoms with Gasteiger partial charge in [0.15, 0.2) is 11.5 Å².